The molecule has 88 valence electrons. The van der Waals surface area contributed by atoms with E-state index >= 15 is 0 Å². The second-order valence-corrected chi connectivity index (χ2v) is 3.65. The SMILES string of the molecule is COC[C@H](C)OC(=O)c1cc(C)ccc1F. The number of hydrogen-bond acceptors (Lipinski definition) is 3. The Morgan fingerprint density at radius 1 is 1.50 bits per heavy atom. The Kier molecular flexibility index (Phi) is 4.43. The van der Waals surface area contributed by atoms with Crippen LogP contribution >= 0.6 is 0 Å². The Morgan fingerprint density at radius 2 is 2.19 bits per heavy atom. The van der Waals surface area contributed by atoms with Gasteiger partial charge < -0.3 is 9.47 Å². The topological polar surface area (TPSA) is 35.5 Å². The minimum Gasteiger partial charge on any atom is -0.457 e. The van der Waals surface area contributed by atoms with Crippen molar-refractivity contribution < 1.29 is 18.7 Å². The van der Waals surface area contributed by atoms with Gasteiger partial charge in [-0.15, -0.1) is 0 Å². The molecule has 0 amide bonds. The van der Waals surface area contributed by atoms with Crippen LogP contribution in [0.4, 0.5) is 4.39 Å². The van der Waals surface area contributed by atoms with E-state index in [-0.39, 0.29) is 5.56 Å². The second kappa shape index (κ2) is 5.61. The van der Waals surface area contributed by atoms with Crippen LogP contribution in [-0.2, 0) is 9.47 Å². The van der Waals surface area contributed by atoms with Gasteiger partial charge in [0.2, 0.25) is 0 Å². The first-order valence-electron chi connectivity index (χ1n) is 5.00. The van der Waals surface area contributed by atoms with E-state index in [1.807, 2.05) is 0 Å². The highest BCUT2D eigenvalue weighted by Gasteiger charge is 2.16. The lowest BCUT2D eigenvalue weighted by Gasteiger charge is -2.12. The van der Waals surface area contributed by atoms with Crippen molar-refractivity contribution in [1.82, 2.24) is 0 Å². The summed E-state index contributed by atoms with van der Waals surface area (Å²) in [5.74, 6) is -1.23. The molecule has 0 bridgehead atoms. The van der Waals surface area contributed by atoms with Crippen molar-refractivity contribution in [2.75, 3.05) is 13.7 Å². The average molecular weight is 226 g/mol. The molecule has 0 fully saturated rings. The zero-order chi connectivity index (χ0) is 12.1. The summed E-state index contributed by atoms with van der Waals surface area (Å²) in [6.45, 7) is 3.77. The van der Waals surface area contributed by atoms with Gasteiger partial charge in [0.1, 0.15) is 11.9 Å². The third-order valence-electron chi connectivity index (χ3n) is 2.05. The predicted octanol–water partition coefficient (Wildman–Crippen LogP) is 2.33. The van der Waals surface area contributed by atoms with Crippen molar-refractivity contribution >= 4 is 5.97 Å². The van der Waals surface area contributed by atoms with E-state index in [0.717, 1.165) is 5.56 Å². The highest BCUT2D eigenvalue weighted by Crippen LogP contribution is 2.12. The largest absolute Gasteiger partial charge is 0.457 e. The lowest BCUT2D eigenvalue weighted by atomic mass is 10.1. The number of carbonyl (C=O) groups is 1. The number of hydrogen-bond donors (Lipinski definition) is 0. The molecule has 4 heteroatoms. The molecule has 1 aromatic rings. The molecule has 0 heterocycles. The Labute approximate surface area is 94.2 Å². The minimum absolute atomic E-state index is 0.0389. The number of rotatable bonds is 4. The summed E-state index contributed by atoms with van der Waals surface area (Å²) in [4.78, 5) is 11.6. The van der Waals surface area contributed by atoms with Gasteiger partial charge in [0.25, 0.3) is 0 Å². The Morgan fingerprint density at radius 3 is 2.81 bits per heavy atom. The van der Waals surface area contributed by atoms with Gasteiger partial charge in [-0.2, -0.15) is 0 Å². The fourth-order valence-electron chi connectivity index (χ4n) is 1.31. The lowest BCUT2D eigenvalue weighted by Crippen LogP contribution is -2.20. The van der Waals surface area contributed by atoms with Gasteiger partial charge in [-0.25, -0.2) is 9.18 Å². The molecule has 0 unspecified atom stereocenters. The highest BCUT2D eigenvalue weighted by atomic mass is 19.1. The van der Waals surface area contributed by atoms with Crippen LogP contribution in [0.5, 0.6) is 0 Å². The van der Waals surface area contributed by atoms with Gasteiger partial charge in [-0.3, -0.25) is 0 Å². The fraction of sp³-hybridized carbons (Fsp3) is 0.417. The number of methoxy groups -OCH3 is 1. The molecule has 0 N–H and O–H groups in total. The standard InChI is InChI=1S/C12H15FO3/c1-8-4-5-11(13)10(6-8)12(14)16-9(2)7-15-3/h4-6,9H,7H2,1-3H3/t9-/m0/s1. The van der Waals surface area contributed by atoms with Gasteiger partial charge in [-0.05, 0) is 26.0 Å². The van der Waals surface area contributed by atoms with Crippen LogP contribution < -0.4 is 0 Å². The number of ether oxygens (including phenoxy) is 2. The molecule has 3 nitrogen and oxygen atoms in total. The summed E-state index contributed by atoms with van der Waals surface area (Å²) >= 11 is 0. The summed E-state index contributed by atoms with van der Waals surface area (Å²) in [7, 11) is 1.51. The van der Waals surface area contributed by atoms with Crippen molar-refractivity contribution in [3.8, 4) is 0 Å². The van der Waals surface area contributed by atoms with Crippen LogP contribution in [0.1, 0.15) is 22.8 Å². The summed E-state index contributed by atoms with van der Waals surface area (Å²) < 4.78 is 23.2. The molecule has 0 aliphatic heterocycles. The van der Waals surface area contributed by atoms with E-state index < -0.39 is 17.9 Å². The maximum atomic E-state index is 13.3. The van der Waals surface area contributed by atoms with Crippen molar-refractivity contribution in [2.45, 2.75) is 20.0 Å². The summed E-state index contributed by atoms with van der Waals surface area (Å²) in [5, 5.41) is 0. The molecular formula is C12H15FO3. The van der Waals surface area contributed by atoms with Crippen molar-refractivity contribution in [1.29, 1.82) is 0 Å². The van der Waals surface area contributed by atoms with E-state index in [4.69, 9.17) is 9.47 Å². The number of carbonyl (C=O) groups excluding carboxylic acids is 1. The summed E-state index contributed by atoms with van der Waals surface area (Å²) in [6, 6.07) is 4.33. The quantitative estimate of drug-likeness (QED) is 0.739. The van der Waals surface area contributed by atoms with Gasteiger partial charge in [0.15, 0.2) is 0 Å². The molecule has 0 aromatic heterocycles. The van der Waals surface area contributed by atoms with Crippen LogP contribution in [0.3, 0.4) is 0 Å². The third kappa shape index (κ3) is 3.31. The van der Waals surface area contributed by atoms with E-state index in [2.05, 4.69) is 0 Å². The molecule has 0 saturated heterocycles. The maximum Gasteiger partial charge on any atom is 0.341 e. The molecule has 0 aliphatic carbocycles. The smallest absolute Gasteiger partial charge is 0.341 e. The Hall–Kier alpha value is -1.42. The van der Waals surface area contributed by atoms with Gasteiger partial charge in [0, 0.05) is 7.11 Å². The Balaban J connectivity index is 2.76. The highest BCUT2D eigenvalue weighted by molar-refractivity contribution is 5.90. The minimum atomic E-state index is -0.661. The predicted molar refractivity (Wildman–Crippen MR) is 57.9 cm³/mol. The van der Waals surface area contributed by atoms with E-state index in [1.54, 1.807) is 19.9 Å². The molecular weight excluding hydrogens is 211 g/mol. The molecule has 0 spiro atoms. The van der Waals surface area contributed by atoms with Crippen molar-refractivity contribution in [3.05, 3.63) is 35.1 Å². The molecule has 1 aromatic carbocycles. The fourth-order valence-corrected chi connectivity index (χ4v) is 1.31. The molecule has 0 radical (unpaired) electrons. The van der Waals surface area contributed by atoms with Crippen LogP contribution in [0, 0.1) is 12.7 Å². The monoisotopic (exact) mass is 226 g/mol. The Bertz CT molecular complexity index is 377. The molecule has 1 rings (SSSR count). The van der Waals surface area contributed by atoms with Gasteiger partial charge in [0.05, 0.1) is 12.2 Å². The first-order valence-corrected chi connectivity index (χ1v) is 5.00. The zero-order valence-electron chi connectivity index (χ0n) is 9.62. The van der Waals surface area contributed by atoms with Crippen molar-refractivity contribution in [3.63, 3.8) is 0 Å². The molecule has 16 heavy (non-hydrogen) atoms. The van der Waals surface area contributed by atoms with Crippen LogP contribution in [0.15, 0.2) is 18.2 Å². The summed E-state index contributed by atoms with van der Waals surface area (Å²) in [5.41, 5.74) is 0.774. The first-order chi connectivity index (χ1) is 7.54. The lowest BCUT2D eigenvalue weighted by molar-refractivity contribution is 0.0116. The molecule has 0 saturated carbocycles. The molecule has 1 atom stereocenters. The van der Waals surface area contributed by atoms with E-state index in [0.29, 0.717) is 6.61 Å². The number of esters is 1. The average Bonchev–Trinajstić information content (AvgIpc) is 2.21. The maximum absolute atomic E-state index is 13.3. The first kappa shape index (κ1) is 12.6. The number of aryl methyl sites for hydroxylation is 1. The summed E-state index contributed by atoms with van der Waals surface area (Å²) in [6.07, 6.45) is -0.391. The van der Waals surface area contributed by atoms with Gasteiger partial charge >= 0.3 is 5.97 Å². The normalized spacial score (nSPS) is 12.2. The molecule has 0 aliphatic rings. The van der Waals surface area contributed by atoms with Crippen LogP contribution in [0.2, 0.25) is 0 Å². The zero-order valence-corrected chi connectivity index (χ0v) is 9.62. The number of halogens is 1. The van der Waals surface area contributed by atoms with Gasteiger partial charge in [-0.1, -0.05) is 11.6 Å². The van der Waals surface area contributed by atoms with E-state index in [9.17, 15) is 9.18 Å². The van der Waals surface area contributed by atoms with Crippen LogP contribution in [0.25, 0.3) is 0 Å². The number of benzene rings is 1. The van der Waals surface area contributed by atoms with E-state index in [1.165, 1.54) is 19.2 Å². The van der Waals surface area contributed by atoms with Crippen LogP contribution in [-0.4, -0.2) is 25.8 Å². The third-order valence-corrected chi connectivity index (χ3v) is 2.05. The van der Waals surface area contributed by atoms with Crippen molar-refractivity contribution in [2.24, 2.45) is 0 Å². The second-order valence-electron chi connectivity index (χ2n) is 3.65.